The van der Waals surface area contributed by atoms with Gasteiger partial charge >= 0.3 is 5.97 Å². The molecule has 22 heavy (non-hydrogen) atoms. The fraction of sp³-hybridized carbons (Fsp3) is 0.278. The number of hydrogen-bond donors (Lipinski definition) is 0. The third-order valence-corrected chi connectivity index (χ3v) is 3.43. The summed E-state index contributed by atoms with van der Waals surface area (Å²) in [6, 6.07) is 15.5. The van der Waals surface area contributed by atoms with Crippen molar-refractivity contribution in [1.82, 2.24) is 0 Å². The van der Waals surface area contributed by atoms with E-state index in [0.717, 1.165) is 11.4 Å². The molecular formula is C18H19ClO3. The van der Waals surface area contributed by atoms with Gasteiger partial charge in [-0.3, -0.25) is 0 Å². The van der Waals surface area contributed by atoms with Gasteiger partial charge in [-0.2, -0.15) is 0 Å². The second-order valence-electron chi connectivity index (χ2n) is 4.96. The summed E-state index contributed by atoms with van der Waals surface area (Å²) >= 11 is 5.88. The first-order valence-corrected chi connectivity index (χ1v) is 7.63. The van der Waals surface area contributed by atoms with Crippen molar-refractivity contribution >= 4 is 17.6 Å². The molecule has 2 aromatic rings. The van der Waals surface area contributed by atoms with Crippen LogP contribution in [-0.4, -0.2) is 18.7 Å². The first-order valence-electron chi connectivity index (χ1n) is 7.25. The maximum atomic E-state index is 11.5. The van der Waals surface area contributed by atoms with Crippen LogP contribution in [0.5, 0.6) is 5.75 Å². The molecule has 0 aliphatic heterocycles. The van der Waals surface area contributed by atoms with Gasteiger partial charge in [0.1, 0.15) is 5.75 Å². The third-order valence-electron chi connectivity index (χ3n) is 3.18. The Balaban J connectivity index is 1.95. The maximum Gasteiger partial charge on any atom is 0.347 e. The van der Waals surface area contributed by atoms with Crippen molar-refractivity contribution in [3.8, 4) is 5.75 Å². The summed E-state index contributed by atoms with van der Waals surface area (Å²) in [4.78, 5) is 11.5. The lowest BCUT2D eigenvalue weighted by atomic mass is 10.1. The molecule has 1 unspecified atom stereocenters. The van der Waals surface area contributed by atoms with E-state index in [1.807, 2.05) is 48.5 Å². The van der Waals surface area contributed by atoms with Crippen LogP contribution in [0, 0.1) is 0 Å². The van der Waals surface area contributed by atoms with E-state index >= 15 is 0 Å². The highest BCUT2D eigenvalue weighted by molar-refractivity contribution is 6.30. The van der Waals surface area contributed by atoms with Crippen molar-refractivity contribution in [2.24, 2.45) is 0 Å². The molecule has 4 heteroatoms. The third kappa shape index (κ3) is 4.78. The first-order chi connectivity index (χ1) is 10.6. The van der Waals surface area contributed by atoms with E-state index in [1.54, 1.807) is 13.8 Å². The zero-order valence-corrected chi connectivity index (χ0v) is 13.5. The van der Waals surface area contributed by atoms with Crippen LogP contribution in [0.25, 0.3) is 0 Å². The van der Waals surface area contributed by atoms with Crippen LogP contribution in [0.2, 0.25) is 5.02 Å². The molecule has 1 atom stereocenters. The van der Waals surface area contributed by atoms with Crippen molar-refractivity contribution in [1.29, 1.82) is 0 Å². The van der Waals surface area contributed by atoms with Gasteiger partial charge in [-0.1, -0.05) is 35.9 Å². The monoisotopic (exact) mass is 318 g/mol. The smallest absolute Gasteiger partial charge is 0.347 e. The van der Waals surface area contributed by atoms with Gasteiger partial charge in [-0.25, -0.2) is 4.79 Å². The minimum Gasteiger partial charge on any atom is -0.479 e. The predicted octanol–water partition coefficient (Wildman–Crippen LogP) is 4.26. The average Bonchev–Trinajstić information content (AvgIpc) is 2.51. The summed E-state index contributed by atoms with van der Waals surface area (Å²) < 4.78 is 10.5. The van der Waals surface area contributed by atoms with Crippen LogP contribution < -0.4 is 4.74 Å². The Bertz CT molecular complexity index is 605. The summed E-state index contributed by atoms with van der Waals surface area (Å²) in [5, 5.41) is 0.737. The SMILES string of the molecule is CCOC(=O)C(C)Oc1ccc(Cc2ccc(Cl)cc2)cc1. The van der Waals surface area contributed by atoms with Gasteiger partial charge in [0, 0.05) is 5.02 Å². The van der Waals surface area contributed by atoms with E-state index in [-0.39, 0.29) is 5.97 Å². The molecular weight excluding hydrogens is 300 g/mol. The van der Waals surface area contributed by atoms with Crippen molar-refractivity contribution in [3.63, 3.8) is 0 Å². The van der Waals surface area contributed by atoms with Crippen molar-refractivity contribution < 1.29 is 14.3 Å². The van der Waals surface area contributed by atoms with Crippen molar-refractivity contribution in [2.75, 3.05) is 6.61 Å². The van der Waals surface area contributed by atoms with Crippen LogP contribution in [0.15, 0.2) is 48.5 Å². The van der Waals surface area contributed by atoms with E-state index in [1.165, 1.54) is 11.1 Å². The highest BCUT2D eigenvalue weighted by Gasteiger charge is 2.15. The average molecular weight is 319 g/mol. The summed E-state index contributed by atoms with van der Waals surface area (Å²) in [5.74, 6) is 0.299. The van der Waals surface area contributed by atoms with E-state index < -0.39 is 6.10 Å². The van der Waals surface area contributed by atoms with Crippen molar-refractivity contribution in [3.05, 3.63) is 64.7 Å². The maximum absolute atomic E-state index is 11.5. The quantitative estimate of drug-likeness (QED) is 0.746. The lowest BCUT2D eigenvalue weighted by Gasteiger charge is -2.13. The standard InChI is InChI=1S/C18H19ClO3/c1-3-21-18(20)13(2)22-17-10-6-15(7-11-17)12-14-4-8-16(19)9-5-14/h4-11,13H,3,12H2,1-2H3. The highest BCUT2D eigenvalue weighted by Crippen LogP contribution is 2.18. The molecule has 0 saturated carbocycles. The lowest BCUT2D eigenvalue weighted by Crippen LogP contribution is -2.26. The number of ether oxygens (including phenoxy) is 2. The molecule has 0 fully saturated rings. The summed E-state index contributed by atoms with van der Waals surface area (Å²) in [7, 11) is 0. The van der Waals surface area contributed by atoms with Gasteiger partial charge in [0.15, 0.2) is 6.10 Å². The highest BCUT2D eigenvalue weighted by atomic mass is 35.5. The molecule has 0 amide bonds. The van der Waals surface area contributed by atoms with E-state index in [0.29, 0.717) is 12.4 Å². The number of rotatable bonds is 6. The minimum atomic E-state index is -0.609. The Morgan fingerprint density at radius 3 is 2.14 bits per heavy atom. The summed E-state index contributed by atoms with van der Waals surface area (Å²) in [5.41, 5.74) is 2.36. The van der Waals surface area contributed by atoms with Gasteiger partial charge in [0.2, 0.25) is 0 Å². The Hall–Kier alpha value is -2.00. The molecule has 0 spiro atoms. The predicted molar refractivity (Wildman–Crippen MR) is 87.4 cm³/mol. The number of benzene rings is 2. The molecule has 2 rings (SSSR count). The summed E-state index contributed by atoms with van der Waals surface area (Å²) in [6.07, 6.45) is 0.215. The number of hydrogen-bond acceptors (Lipinski definition) is 3. The number of halogens is 1. The molecule has 0 heterocycles. The van der Waals surface area contributed by atoms with Crippen LogP contribution >= 0.6 is 11.6 Å². The van der Waals surface area contributed by atoms with Gasteiger partial charge in [0.25, 0.3) is 0 Å². The molecule has 0 aromatic heterocycles. The molecule has 0 aliphatic carbocycles. The number of esters is 1. The molecule has 116 valence electrons. The fourth-order valence-electron chi connectivity index (χ4n) is 2.04. The van der Waals surface area contributed by atoms with Crippen LogP contribution in [-0.2, 0) is 16.0 Å². The van der Waals surface area contributed by atoms with Gasteiger partial charge in [0.05, 0.1) is 6.61 Å². The minimum absolute atomic E-state index is 0.354. The Labute approximate surface area is 135 Å². The van der Waals surface area contributed by atoms with E-state index in [9.17, 15) is 4.79 Å². The normalized spacial score (nSPS) is 11.8. The molecule has 0 N–H and O–H groups in total. The fourth-order valence-corrected chi connectivity index (χ4v) is 2.16. The van der Waals surface area contributed by atoms with E-state index in [2.05, 4.69) is 0 Å². The molecule has 2 aromatic carbocycles. The Morgan fingerprint density at radius 1 is 1.05 bits per heavy atom. The zero-order valence-electron chi connectivity index (χ0n) is 12.7. The van der Waals surface area contributed by atoms with Crippen molar-refractivity contribution in [2.45, 2.75) is 26.4 Å². The second-order valence-corrected chi connectivity index (χ2v) is 5.40. The van der Waals surface area contributed by atoms with Gasteiger partial charge < -0.3 is 9.47 Å². The van der Waals surface area contributed by atoms with Crippen LogP contribution in [0.4, 0.5) is 0 Å². The topological polar surface area (TPSA) is 35.5 Å². The number of carbonyl (C=O) groups is 1. The van der Waals surface area contributed by atoms with Gasteiger partial charge in [-0.15, -0.1) is 0 Å². The molecule has 0 bridgehead atoms. The molecule has 0 saturated heterocycles. The first kappa shape index (κ1) is 16.4. The Morgan fingerprint density at radius 2 is 1.59 bits per heavy atom. The van der Waals surface area contributed by atoms with Gasteiger partial charge in [-0.05, 0) is 55.7 Å². The Kier molecular flexibility index (Phi) is 5.84. The largest absolute Gasteiger partial charge is 0.479 e. The molecule has 0 radical (unpaired) electrons. The van der Waals surface area contributed by atoms with Crippen LogP contribution in [0.3, 0.4) is 0 Å². The second kappa shape index (κ2) is 7.85. The lowest BCUT2D eigenvalue weighted by molar-refractivity contribution is -0.150. The zero-order chi connectivity index (χ0) is 15.9. The van der Waals surface area contributed by atoms with E-state index in [4.69, 9.17) is 21.1 Å². The van der Waals surface area contributed by atoms with Crippen LogP contribution in [0.1, 0.15) is 25.0 Å². The summed E-state index contributed by atoms with van der Waals surface area (Å²) in [6.45, 7) is 3.81. The molecule has 3 nitrogen and oxygen atoms in total. The number of carbonyl (C=O) groups excluding carboxylic acids is 1. The molecule has 0 aliphatic rings.